The average Bonchev–Trinajstić information content (AvgIpc) is 2.15. The van der Waals surface area contributed by atoms with Crippen LogP contribution < -0.4 is 5.73 Å². The van der Waals surface area contributed by atoms with Crippen molar-refractivity contribution in [1.29, 1.82) is 0 Å². The van der Waals surface area contributed by atoms with E-state index in [1.165, 1.54) is 0 Å². The molecule has 0 aliphatic heterocycles. The molecule has 3 atom stereocenters. The fraction of sp³-hybridized carbons (Fsp3) is 0.900. The van der Waals surface area contributed by atoms with Crippen molar-refractivity contribution in [3.05, 3.63) is 0 Å². The number of carboxylic acid groups (broad SMARTS) is 1. The van der Waals surface area contributed by atoms with Gasteiger partial charge < -0.3 is 10.8 Å². The van der Waals surface area contributed by atoms with E-state index in [1.807, 2.05) is 0 Å². The molecule has 1 fully saturated rings. The molecule has 100 valence electrons. The van der Waals surface area contributed by atoms with E-state index in [0.29, 0.717) is 12.8 Å². The molecule has 1 aliphatic carbocycles. The maximum atomic E-state index is 10.8. The van der Waals surface area contributed by atoms with Gasteiger partial charge in [-0.25, -0.2) is 0 Å². The fourth-order valence-electron chi connectivity index (χ4n) is 2.53. The molecule has 1 saturated carbocycles. The average molecular weight is 265 g/mol. The summed E-state index contributed by atoms with van der Waals surface area (Å²) in [6, 6.07) is -0.885. The van der Waals surface area contributed by atoms with Crippen LogP contribution in [0.25, 0.3) is 0 Å². The fourth-order valence-corrected chi connectivity index (χ4v) is 3.42. The summed E-state index contributed by atoms with van der Waals surface area (Å²) in [5.74, 6) is -1.19. The van der Waals surface area contributed by atoms with Gasteiger partial charge in [-0.2, -0.15) is 8.42 Å². The lowest BCUT2D eigenvalue weighted by atomic mass is 9.79. The van der Waals surface area contributed by atoms with Gasteiger partial charge in [0.05, 0.1) is 5.75 Å². The molecule has 0 bridgehead atoms. The molecule has 0 radical (unpaired) electrons. The molecule has 0 spiro atoms. The van der Waals surface area contributed by atoms with Gasteiger partial charge in [-0.05, 0) is 31.1 Å². The molecule has 0 aromatic rings. The minimum absolute atomic E-state index is 0.0789. The van der Waals surface area contributed by atoms with Gasteiger partial charge in [-0.15, -0.1) is 0 Å². The van der Waals surface area contributed by atoms with Crippen LogP contribution in [0.5, 0.6) is 0 Å². The Kier molecular flexibility index (Phi) is 4.91. The summed E-state index contributed by atoms with van der Waals surface area (Å²) in [6.45, 7) is 0. The van der Waals surface area contributed by atoms with E-state index in [0.717, 1.165) is 19.3 Å². The number of hydrogen-bond acceptors (Lipinski definition) is 4. The van der Waals surface area contributed by atoms with Crippen molar-refractivity contribution >= 4 is 16.1 Å². The summed E-state index contributed by atoms with van der Waals surface area (Å²) in [6.07, 6.45) is 3.50. The minimum atomic E-state index is -3.94. The third-order valence-corrected chi connectivity index (χ3v) is 4.13. The topological polar surface area (TPSA) is 118 Å². The van der Waals surface area contributed by atoms with Crippen LogP contribution in [0.2, 0.25) is 0 Å². The van der Waals surface area contributed by atoms with E-state index in [1.54, 1.807) is 0 Å². The first kappa shape index (κ1) is 14.4. The summed E-state index contributed by atoms with van der Waals surface area (Å²) in [4.78, 5) is 10.6. The Morgan fingerprint density at radius 3 is 2.47 bits per heavy atom. The number of carbonyl (C=O) groups is 1. The van der Waals surface area contributed by atoms with Crippen molar-refractivity contribution in [2.75, 3.05) is 5.75 Å². The van der Waals surface area contributed by atoms with Gasteiger partial charge in [0, 0.05) is 0 Å². The Balaban J connectivity index is 2.46. The van der Waals surface area contributed by atoms with Gasteiger partial charge in [0.1, 0.15) is 6.04 Å². The largest absolute Gasteiger partial charge is 0.480 e. The molecule has 0 saturated heterocycles. The van der Waals surface area contributed by atoms with Crippen molar-refractivity contribution in [3.8, 4) is 0 Å². The van der Waals surface area contributed by atoms with E-state index >= 15 is 0 Å². The zero-order chi connectivity index (χ0) is 13.1. The van der Waals surface area contributed by atoms with Crippen LogP contribution in [0.3, 0.4) is 0 Å². The highest BCUT2D eigenvalue weighted by Crippen LogP contribution is 2.32. The monoisotopic (exact) mass is 265 g/mol. The zero-order valence-electron chi connectivity index (χ0n) is 9.58. The van der Waals surface area contributed by atoms with Crippen molar-refractivity contribution in [2.45, 2.75) is 38.1 Å². The highest BCUT2D eigenvalue weighted by Gasteiger charge is 2.28. The molecule has 0 aromatic carbocycles. The molecule has 0 aromatic heterocycles. The Morgan fingerprint density at radius 1 is 1.35 bits per heavy atom. The standard InChI is InChI=1S/C10H19NO5S/c11-9(10(12)13)5-7-2-1-3-8(4-7)6-17(14,15)16/h7-9H,1-6,11H2,(H,12,13)(H,14,15,16)/t7?,8?,9-/m1/s1. The van der Waals surface area contributed by atoms with Crippen LogP contribution in [0.4, 0.5) is 0 Å². The lowest BCUT2D eigenvalue weighted by molar-refractivity contribution is -0.139. The number of hydrogen-bond donors (Lipinski definition) is 3. The number of rotatable bonds is 5. The van der Waals surface area contributed by atoms with Gasteiger partial charge >= 0.3 is 5.97 Å². The molecule has 7 heteroatoms. The molecular formula is C10H19NO5S. The van der Waals surface area contributed by atoms with Gasteiger partial charge in [0.15, 0.2) is 0 Å². The molecular weight excluding hydrogens is 246 g/mol. The summed E-state index contributed by atoms with van der Waals surface area (Å²) < 4.78 is 30.3. The highest BCUT2D eigenvalue weighted by molar-refractivity contribution is 7.85. The van der Waals surface area contributed by atoms with Crippen molar-refractivity contribution < 1.29 is 22.9 Å². The lowest BCUT2D eigenvalue weighted by Gasteiger charge is -2.29. The highest BCUT2D eigenvalue weighted by atomic mass is 32.2. The van der Waals surface area contributed by atoms with Crippen LogP contribution in [-0.4, -0.2) is 35.8 Å². The second-order valence-corrected chi connectivity index (χ2v) is 6.32. The third kappa shape index (κ3) is 5.47. The van der Waals surface area contributed by atoms with Crippen molar-refractivity contribution in [2.24, 2.45) is 17.6 Å². The van der Waals surface area contributed by atoms with Crippen LogP contribution in [-0.2, 0) is 14.9 Å². The molecule has 2 unspecified atom stereocenters. The second-order valence-electron chi connectivity index (χ2n) is 4.83. The number of aliphatic carboxylic acids is 1. The van der Waals surface area contributed by atoms with E-state index in [4.69, 9.17) is 15.4 Å². The molecule has 4 N–H and O–H groups in total. The molecule has 6 nitrogen and oxygen atoms in total. The van der Waals surface area contributed by atoms with Gasteiger partial charge in [0.2, 0.25) is 0 Å². The van der Waals surface area contributed by atoms with Crippen LogP contribution in [0.1, 0.15) is 32.1 Å². The van der Waals surface area contributed by atoms with E-state index < -0.39 is 22.1 Å². The summed E-state index contributed by atoms with van der Waals surface area (Å²) in [7, 11) is -3.94. The summed E-state index contributed by atoms with van der Waals surface area (Å²) >= 11 is 0. The normalized spacial score (nSPS) is 27.6. The van der Waals surface area contributed by atoms with Crippen LogP contribution >= 0.6 is 0 Å². The molecule has 0 amide bonds. The first-order valence-electron chi connectivity index (χ1n) is 5.71. The first-order chi connectivity index (χ1) is 7.78. The SMILES string of the molecule is N[C@H](CC1CCCC(CS(=O)(=O)O)C1)C(=O)O. The summed E-state index contributed by atoms with van der Waals surface area (Å²) in [5.41, 5.74) is 5.45. The number of nitrogens with two attached hydrogens (primary N) is 1. The predicted molar refractivity (Wildman–Crippen MR) is 62.1 cm³/mol. The maximum Gasteiger partial charge on any atom is 0.320 e. The smallest absolute Gasteiger partial charge is 0.320 e. The Bertz CT molecular complexity index is 367. The van der Waals surface area contributed by atoms with Gasteiger partial charge in [0.25, 0.3) is 10.1 Å². The second kappa shape index (κ2) is 5.79. The quantitative estimate of drug-likeness (QED) is 0.622. The van der Waals surface area contributed by atoms with E-state index in [9.17, 15) is 13.2 Å². The molecule has 0 heterocycles. The minimum Gasteiger partial charge on any atom is -0.480 e. The first-order valence-corrected chi connectivity index (χ1v) is 7.32. The van der Waals surface area contributed by atoms with Crippen molar-refractivity contribution in [3.63, 3.8) is 0 Å². The zero-order valence-corrected chi connectivity index (χ0v) is 10.4. The molecule has 1 rings (SSSR count). The predicted octanol–water partition coefficient (Wildman–Crippen LogP) is 0.483. The molecule has 17 heavy (non-hydrogen) atoms. The Labute approximate surface area is 101 Å². The van der Waals surface area contributed by atoms with Crippen LogP contribution in [0, 0.1) is 11.8 Å². The third-order valence-electron chi connectivity index (χ3n) is 3.24. The maximum absolute atomic E-state index is 10.8. The summed E-state index contributed by atoms with van der Waals surface area (Å²) in [5, 5.41) is 8.70. The van der Waals surface area contributed by atoms with Gasteiger partial charge in [-0.3, -0.25) is 9.35 Å². The Hall–Kier alpha value is -0.660. The Morgan fingerprint density at radius 2 is 1.94 bits per heavy atom. The van der Waals surface area contributed by atoms with E-state index in [2.05, 4.69) is 0 Å². The van der Waals surface area contributed by atoms with E-state index in [-0.39, 0.29) is 17.6 Å². The number of carboxylic acids is 1. The van der Waals surface area contributed by atoms with Crippen molar-refractivity contribution in [1.82, 2.24) is 0 Å². The molecule has 1 aliphatic rings. The van der Waals surface area contributed by atoms with Gasteiger partial charge in [-0.1, -0.05) is 12.8 Å². The van der Waals surface area contributed by atoms with Crippen LogP contribution in [0.15, 0.2) is 0 Å². The lowest BCUT2D eigenvalue weighted by Crippen LogP contribution is -2.34.